The van der Waals surface area contributed by atoms with Gasteiger partial charge in [-0.1, -0.05) is 0 Å². The van der Waals surface area contributed by atoms with Crippen molar-refractivity contribution in [1.29, 1.82) is 0 Å². The van der Waals surface area contributed by atoms with Gasteiger partial charge in [-0.3, -0.25) is 4.98 Å². The number of nitrogens with zero attached hydrogens (tertiary/aromatic N) is 3. The van der Waals surface area contributed by atoms with Crippen LogP contribution in [-0.4, -0.2) is 22.7 Å². The lowest BCUT2D eigenvalue weighted by Gasteiger charge is -1.93. The molecule has 2 rings (SSSR count). The van der Waals surface area contributed by atoms with E-state index in [2.05, 4.69) is 26.0 Å². The summed E-state index contributed by atoms with van der Waals surface area (Å²) in [7, 11) is 1.90. The second kappa shape index (κ2) is 2.34. The van der Waals surface area contributed by atoms with Crippen LogP contribution >= 0.6 is 15.9 Å². The fourth-order valence-corrected chi connectivity index (χ4v) is 1.45. The van der Waals surface area contributed by atoms with Crippen LogP contribution in [0.3, 0.4) is 0 Å². The van der Waals surface area contributed by atoms with Crippen molar-refractivity contribution in [2.45, 2.75) is 0 Å². The zero-order valence-electron chi connectivity index (χ0n) is 5.95. The van der Waals surface area contributed by atoms with Gasteiger partial charge in [0.1, 0.15) is 0 Å². The van der Waals surface area contributed by atoms with E-state index in [0.29, 0.717) is 0 Å². The Kier molecular flexibility index (Phi) is 1.46. The van der Waals surface area contributed by atoms with E-state index in [1.54, 1.807) is 17.0 Å². The van der Waals surface area contributed by atoms with Crippen molar-refractivity contribution in [3.05, 3.63) is 23.1 Å². The molecule has 0 fully saturated rings. The molecule has 2 aromatic heterocycles. The summed E-state index contributed by atoms with van der Waals surface area (Å²) in [5, 5.41) is 5.20. The first-order chi connectivity index (χ1) is 5.29. The first kappa shape index (κ1) is 6.85. The van der Waals surface area contributed by atoms with Crippen molar-refractivity contribution in [2.24, 2.45) is 0 Å². The maximum atomic E-state index is 4.10. The van der Waals surface area contributed by atoms with Gasteiger partial charge in [-0.25, -0.2) is 0 Å². The van der Waals surface area contributed by atoms with Crippen molar-refractivity contribution in [2.75, 3.05) is 0 Å². The van der Waals surface area contributed by atoms with E-state index in [9.17, 15) is 0 Å². The van der Waals surface area contributed by atoms with Gasteiger partial charge in [0.2, 0.25) is 7.98 Å². The van der Waals surface area contributed by atoms with Crippen LogP contribution in [0.4, 0.5) is 0 Å². The van der Waals surface area contributed by atoms with Crippen LogP contribution in [0.15, 0.2) is 23.1 Å². The van der Waals surface area contributed by atoms with Crippen LogP contribution in [0.2, 0.25) is 0 Å². The van der Waals surface area contributed by atoms with Gasteiger partial charge in [-0.05, 0) is 15.9 Å². The molecule has 0 amide bonds. The summed E-state index contributed by atoms with van der Waals surface area (Å²) in [5.41, 5.74) is 1.04. The second-order valence-electron chi connectivity index (χ2n) is 2.32. The van der Waals surface area contributed by atoms with Crippen molar-refractivity contribution in [3.8, 4) is 0 Å². The number of aromatic nitrogens is 3. The maximum absolute atomic E-state index is 4.10. The molecule has 5 heteroatoms. The van der Waals surface area contributed by atoms with E-state index < -0.39 is 0 Å². The third-order valence-corrected chi connectivity index (χ3v) is 2.26. The zero-order chi connectivity index (χ0) is 7.84. The Balaban J connectivity index is 2.94. The molecule has 54 valence electrons. The van der Waals surface area contributed by atoms with Crippen molar-refractivity contribution < 1.29 is 0 Å². The van der Waals surface area contributed by atoms with Crippen LogP contribution in [0, 0.1) is 0 Å². The summed E-state index contributed by atoms with van der Waals surface area (Å²) in [4.78, 5) is 4.04. The Morgan fingerprint density at radius 1 is 1.36 bits per heavy atom. The zero-order valence-corrected chi connectivity index (χ0v) is 7.54. The van der Waals surface area contributed by atoms with Gasteiger partial charge >= 0.3 is 0 Å². The van der Waals surface area contributed by atoms with Crippen molar-refractivity contribution in [1.82, 2.24) is 14.7 Å². The molecule has 0 N–H and O–H groups in total. The molecule has 0 aliphatic heterocycles. The van der Waals surface area contributed by atoms with Gasteiger partial charge in [-0.15, -0.1) is 0 Å². The topological polar surface area (TPSA) is 30.7 Å². The second-order valence-corrected chi connectivity index (χ2v) is 3.18. The largest absolute Gasteiger partial charge is 0.318 e. The van der Waals surface area contributed by atoms with Crippen LogP contribution in [0.1, 0.15) is 0 Å². The smallest absolute Gasteiger partial charge is 0.249 e. The standard InChI is InChI=1S/C6H5BBrN3/c7-11-6-3-9-2-5(8)4(6)1-10-11/h1-3H,7H2. The molecule has 0 saturated heterocycles. The minimum absolute atomic E-state index is 0.989. The minimum Gasteiger partial charge on any atom is -0.318 e. The summed E-state index contributed by atoms with van der Waals surface area (Å²) in [6, 6.07) is 0. The van der Waals surface area contributed by atoms with Gasteiger partial charge in [0.05, 0.1) is 17.9 Å². The van der Waals surface area contributed by atoms with Crippen LogP contribution in [0.5, 0.6) is 0 Å². The predicted octanol–water partition coefficient (Wildman–Crippen LogP) is 0.590. The molecule has 0 aliphatic carbocycles. The summed E-state index contributed by atoms with van der Waals surface area (Å²) in [6.07, 6.45) is 5.39. The monoisotopic (exact) mass is 209 g/mol. The quantitative estimate of drug-likeness (QED) is 0.595. The number of halogens is 1. The van der Waals surface area contributed by atoms with E-state index in [1.165, 1.54) is 0 Å². The van der Waals surface area contributed by atoms with E-state index in [0.717, 1.165) is 15.4 Å². The lowest BCUT2D eigenvalue weighted by molar-refractivity contribution is 1.02. The predicted molar refractivity (Wildman–Crippen MR) is 49.2 cm³/mol. The summed E-state index contributed by atoms with van der Waals surface area (Å²) >= 11 is 3.39. The van der Waals surface area contributed by atoms with Crippen LogP contribution < -0.4 is 0 Å². The van der Waals surface area contributed by atoms with E-state index in [4.69, 9.17) is 0 Å². The highest BCUT2D eigenvalue weighted by atomic mass is 79.9. The Bertz CT molecular complexity index is 398. The summed E-state index contributed by atoms with van der Waals surface area (Å²) in [6.45, 7) is 0. The fraction of sp³-hybridized carbons (Fsp3) is 0. The van der Waals surface area contributed by atoms with Gasteiger partial charge < -0.3 is 4.59 Å². The average molecular weight is 210 g/mol. The Labute approximate surface area is 73.0 Å². The molecule has 0 spiro atoms. The summed E-state index contributed by atoms with van der Waals surface area (Å²) in [5.74, 6) is 0. The van der Waals surface area contributed by atoms with Gasteiger partial charge in [0, 0.05) is 16.1 Å². The normalized spacial score (nSPS) is 10.6. The van der Waals surface area contributed by atoms with Gasteiger partial charge in [-0.2, -0.15) is 5.10 Å². The molecular formula is C6H5BBrN3. The molecule has 0 aliphatic rings. The number of rotatable bonds is 0. The molecule has 3 nitrogen and oxygen atoms in total. The molecule has 0 aromatic carbocycles. The molecule has 2 heterocycles. The van der Waals surface area contributed by atoms with E-state index in [1.807, 2.05) is 14.2 Å². The third kappa shape index (κ3) is 0.958. The molecule has 0 bridgehead atoms. The van der Waals surface area contributed by atoms with Gasteiger partial charge in [0.15, 0.2) is 0 Å². The highest BCUT2D eigenvalue weighted by Gasteiger charge is 2.01. The first-order valence-corrected chi connectivity index (χ1v) is 3.99. The highest BCUT2D eigenvalue weighted by molar-refractivity contribution is 9.10. The molecular weight excluding hydrogens is 205 g/mol. The first-order valence-electron chi connectivity index (χ1n) is 3.20. The Morgan fingerprint density at radius 2 is 2.18 bits per heavy atom. The highest BCUT2D eigenvalue weighted by Crippen LogP contribution is 2.20. The lowest BCUT2D eigenvalue weighted by atomic mass is 10.3. The third-order valence-electron chi connectivity index (χ3n) is 1.63. The van der Waals surface area contributed by atoms with Crippen LogP contribution in [0.25, 0.3) is 10.9 Å². The van der Waals surface area contributed by atoms with Gasteiger partial charge in [0.25, 0.3) is 0 Å². The molecule has 0 unspecified atom stereocenters. The number of hydrogen-bond donors (Lipinski definition) is 0. The fourth-order valence-electron chi connectivity index (χ4n) is 1.03. The molecule has 11 heavy (non-hydrogen) atoms. The maximum Gasteiger partial charge on any atom is 0.249 e. The van der Waals surface area contributed by atoms with Crippen LogP contribution in [-0.2, 0) is 0 Å². The molecule has 2 aromatic rings. The number of hydrogen-bond acceptors (Lipinski definition) is 2. The SMILES string of the molecule is Bn1ncc2c(Br)cncc21. The average Bonchev–Trinajstić information content (AvgIpc) is 2.35. The van der Waals surface area contributed by atoms with E-state index in [-0.39, 0.29) is 0 Å². The number of fused-ring (bicyclic) bond motifs is 1. The molecule has 0 saturated carbocycles. The molecule has 0 radical (unpaired) electrons. The minimum atomic E-state index is 0.989. The Hall–Kier alpha value is -0.835. The lowest BCUT2D eigenvalue weighted by Crippen LogP contribution is -1.92. The van der Waals surface area contributed by atoms with Crippen molar-refractivity contribution in [3.63, 3.8) is 0 Å². The Morgan fingerprint density at radius 3 is 2.91 bits per heavy atom. The molecule has 0 atom stereocenters. The number of pyridine rings is 1. The van der Waals surface area contributed by atoms with Crippen molar-refractivity contribution >= 4 is 34.8 Å². The van der Waals surface area contributed by atoms with E-state index >= 15 is 0 Å². The summed E-state index contributed by atoms with van der Waals surface area (Å²) < 4.78 is 2.79.